The summed E-state index contributed by atoms with van der Waals surface area (Å²) in [5.41, 5.74) is 1.36. The van der Waals surface area contributed by atoms with E-state index in [1.54, 1.807) is 0 Å². The van der Waals surface area contributed by atoms with Crippen LogP contribution in [-0.2, 0) is 6.42 Å². The molecule has 0 unspecified atom stereocenters. The van der Waals surface area contributed by atoms with Crippen molar-refractivity contribution in [1.82, 2.24) is 4.90 Å². The molecule has 0 amide bonds. The Bertz CT molecular complexity index is 372. The van der Waals surface area contributed by atoms with Gasteiger partial charge < -0.3 is 0 Å². The number of likely N-dealkylation sites (tertiary alicyclic amines) is 1. The van der Waals surface area contributed by atoms with Crippen LogP contribution in [0, 0.1) is 0 Å². The van der Waals surface area contributed by atoms with E-state index in [4.69, 9.17) is 0 Å². The normalized spacial score (nSPS) is 16.2. The zero-order valence-electron chi connectivity index (χ0n) is 9.29. The molecule has 1 aliphatic rings. The van der Waals surface area contributed by atoms with Gasteiger partial charge >= 0.3 is 114 Å². The number of benzene rings is 1. The number of nitrogens with zero attached hydrogens (tertiary/aromatic N) is 1. The molecule has 0 radical (unpaired) electrons. The van der Waals surface area contributed by atoms with Crippen molar-refractivity contribution in [2.75, 3.05) is 13.1 Å². The van der Waals surface area contributed by atoms with E-state index in [2.05, 4.69) is 60.7 Å². The van der Waals surface area contributed by atoms with Crippen molar-refractivity contribution in [3.8, 4) is 0 Å². The fraction of sp³-hybridized carbons (Fsp3) is 0.462. The van der Waals surface area contributed by atoms with E-state index in [-0.39, 0.29) is 0 Å². The molecule has 1 aromatic rings. The van der Waals surface area contributed by atoms with E-state index in [1.807, 2.05) is 0 Å². The summed E-state index contributed by atoms with van der Waals surface area (Å²) in [7, 11) is 0. The van der Waals surface area contributed by atoms with Crippen LogP contribution in [0.5, 0.6) is 0 Å². The summed E-state index contributed by atoms with van der Waals surface area (Å²) in [6, 6.07) is 8.46. The Kier molecular flexibility index (Phi) is 4.63. The Labute approximate surface area is 114 Å². The van der Waals surface area contributed by atoms with Gasteiger partial charge in [-0.2, -0.15) is 0 Å². The SMILES string of the molecule is [Se]=C(Cc1ccccc1Br)N1CCCCC1. The fourth-order valence-electron chi connectivity index (χ4n) is 2.06. The van der Waals surface area contributed by atoms with Gasteiger partial charge in [-0.3, -0.25) is 0 Å². The minimum atomic E-state index is 1.02. The third kappa shape index (κ3) is 3.19. The first-order valence-electron chi connectivity index (χ1n) is 5.78. The summed E-state index contributed by atoms with van der Waals surface area (Å²) in [6.45, 7) is 2.43. The predicted octanol–water partition coefficient (Wildman–Crippen LogP) is 2.78. The van der Waals surface area contributed by atoms with E-state index < -0.39 is 0 Å². The van der Waals surface area contributed by atoms with E-state index in [0.29, 0.717) is 0 Å². The second kappa shape index (κ2) is 5.99. The summed E-state index contributed by atoms with van der Waals surface area (Å²) >= 11 is 6.85. The molecule has 16 heavy (non-hydrogen) atoms. The van der Waals surface area contributed by atoms with E-state index in [1.165, 1.54) is 46.9 Å². The molecule has 1 fully saturated rings. The molecule has 1 aromatic carbocycles. The van der Waals surface area contributed by atoms with Gasteiger partial charge in [-0.15, -0.1) is 0 Å². The van der Waals surface area contributed by atoms with Gasteiger partial charge in [0.25, 0.3) is 0 Å². The Morgan fingerprint density at radius 2 is 1.88 bits per heavy atom. The number of piperidine rings is 1. The van der Waals surface area contributed by atoms with Crippen LogP contribution < -0.4 is 0 Å². The first-order chi connectivity index (χ1) is 7.77. The number of hydrogen-bond acceptors (Lipinski definition) is 1. The molecule has 3 heteroatoms. The first-order valence-corrected chi connectivity index (χ1v) is 7.43. The van der Waals surface area contributed by atoms with Crippen molar-refractivity contribution in [1.29, 1.82) is 0 Å². The van der Waals surface area contributed by atoms with Crippen LogP contribution in [0.2, 0.25) is 0 Å². The molecule has 0 atom stereocenters. The number of halogens is 1. The van der Waals surface area contributed by atoms with Crippen LogP contribution >= 0.6 is 15.9 Å². The molecule has 0 bridgehead atoms. The molecule has 1 saturated heterocycles. The Hall–Kier alpha value is -0.111. The van der Waals surface area contributed by atoms with Crippen LogP contribution in [0.1, 0.15) is 24.8 Å². The Balaban J connectivity index is 1.99. The zero-order valence-corrected chi connectivity index (χ0v) is 12.6. The van der Waals surface area contributed by atoms with Crippen molar-refractivity contribution >= 4 is 36.0 Å². The summed E-state index contributed by atoms with van der Waals surface area (Å²) in [5, 5.41) is 0. The van der Waals surface area contributed by atoms with Gasteiger partial charge in [-0.1, -0.05) is 0 Å². The molecule has 1 aliphatic heterocycles. The maximum atomic E-state index is 3.60. The summed E-state index contributed by atoms with van der Waals surface area (Å²) in [4.78, 5) is 2.49. The van der Waals surface area contributed by atoms with Gasteiger partial charge in [0, 0.05) is 0 Å². The zero-order chi connectivity index (χ0) is 11.4. The summed E-state index contributed by atoms with van der Waals surface area (Å²) in [5.74, 6) is 0. The van der Waals surface area contributed by atoms with Gasteiger partial charge in [-0.05, 0) is 0 Å². The maximum absolute atomic E-state index is 3.60. The average molecular weight is 345 g/mol. The van der Waals surface area contributed by atoms with Crippen molar-refractivity contribution in [3.05, 3.63) is 34.3 Å². The van der Waals surface area contributed by atoms with Crippen LogP contribution in [0.3, 0.4) is 0 Å². The topological polar surface area (TPSA) is 3.24 Å². The summed E-state index contributed by atoms with van der Waals surface area (Å²) in [6.07, 6.45) is 5.07. The monoisotopic (exact) mass is 345 g/mol. The van der Waals surface area contributed by atoms with Gasteiger partial charge in [0.2, 0.25) is 0 Å². The minimum absolute atomic E-state index is 1.02. The second-order valence-corrected chi connectivity index (χ2v) is 6.05. The fourth-order valence-corrected chi connectivity index (χ4v) is 3.19. The van der Waals surface area contributed by atoms with E-state index in [9.17, 15) is 0 Å². The van der Waals surface area contributed by atoms with E-state index >= 15 is 0 Å². The van der Waals surface area contributed by atoms with Crippen LogP contribution in [0.25, 0.3) is 0 Å². The quantitative estimate of drug-likeness (QED) is 0.762. The second-order valence-electron chi connectivity index (χ2n) is 4.21. The molecule has 0 aromatic heterocycles. The van der Waals surface area contributed by atoms with Crippen molar-refractivity contribution in [2.24, 2.45) is 0 Å². The number of rotatable bonds is 3. The molecule has 1 heterocycles. The van der Waals surface area contributed by atoms with Gasteiger partial charge in [0.05, 0.1) is 0 Å². The Morgan fingerprint density at radius 3 is 2.56 bits per heavy atom. The van der Waals surface area contributed by atoms with E-state index in [0.717, 1.165) is 6.42 Å². The molecule has 0 spiro atoms. The van der Waals surface area contributed by atoms with Gasteiger partial charge in [-0.25, -0.2) is 0 Å². The summed E-state index contributed by atoms with van der Waals surface area (Å²) < 4.78 is 2.59. The molecular formula is C13H16BrNSe. The van der Waals surface area contributed by atoms with Crippen LogP contribution in [0.4, 0.5) is 0 Å². The average Bonchev–Trinajstić information content (AvgIpc) is 2.33. The molecular weight excluding hydrogens is 329 g/mol. The predicted molar refractivity (Wildman–Crippen MR) is 74.0 cm³/mol. The van der Waals surface area contributed by atoms with Crippen LogP contribution in [0.15, 0.2) is 28.7 Å². The molecule has 0 saturated carbocycles. The number of hydrogen-bond donors (Lipinski definition) is 0. The molecule has 0 aliphatic carbocycles. The van der Waals surface area contributed by atoms with Gasteiger partial charge in [0.1, 0.15) is 0 Å². The van der Waals surface area contributed by atoms with Crippen molar-refractivity contribution in [3.63, 3.8) is 0 Å². The van der Waals surface area contributed by atoms with Crippen LogP contribution in [-0.4, -0.2) is 38.1 Å². The first kappa shape index (κ1) is 12.3. The molecule has 2 rings (SSSR count). The molecule has 86 valence electrons. The molecule has 0 N–H and O–H groups in total. The van der Waals surface area contributed by atoms with Crippen molar-refractivity contribution < 1.29 is 0 Å². The molecule has 1 nitrogen and oxygen atoms in total. The standard InChI is InChI=1S/C13H16BrNSe/c14-12-7-3-2-6-11(12)10-13(16)15-8-4-1-5-9-15/h2-3,6-7H,1,4-5,8-10H2. The third-order valence-electron chi connectivity index (χ3n) is 3.01. The Morgan fingerprint density at radius 1 is 1.19 bits per heavy atom. The third-order valence-corrected chi connectivity index (χ3v) is 4.63. The van der Waals surface area contributed by atoms with Gasteiger partial charge in [0.15, 0.2) is 0 Å². The van der Waals surface area contributed by atoms with Crippen molar-refractivity contribution in [2.45, 2.75) is 25.7 Å².